The van der Waals surface area contributed by atoms with E-state index in [9.17, 15) is 9.50 Å². The van der Waals surface area contributed by atoms with Gasteiger partial charge < -0.3 is 9.84 Å². The van der Waals surface area contributed by atoms with E-state index in [1.807, 2.05) is 0 Å². The Hall–Kier alpha value is -1.09. The van der Waals surface area contributed by atoms with Crippen LogP contribution in [0.3, 0.4) is 0 Å². The van der Waals surface area contributed by atoms with Gasteiger partial charge in [0.15, 0.2) is 0 Å². The molecule has 1 aromatic carbocycles. The predicted octanol–water partition coefficient (Wildman–Crippen LogP) is 3.45. The summed E-state index contributed by atoms with van der Waals surface area (Å²) in [6.45, 7) is 4.23. The van der Waals surface area contributed by atoms with Gasteiger partial charge in [-0.3, -0.25) is 0 Å². The second kappa shape index (κ2) is 5.05. The number of aliphatic hydroxyl groups excluding tert-OH is 1. The molecule has 0 radical (unpaired) electrons. The van der Waals surface area contributed by atoms with Crippen LogP contribution in [0, 0.1) is 11.7 Å². The Morgan fingerprint density at radius 3 is 2.76 bits per heavy atom. The molecule has 2 rings (SSSR count). The first-order valence-electron chi connectivity index (χ1n) is 6.29. The molecule has 1 N–H and O–H groups in total. The van der Waals surface area contributed by atoms with E-state index in [0.29, 0.717) is 23.7 Å². The van der Waals surface area contributed by atoms with Gasteiger partial charge in [0.2, 0.25) is 0 Å². The summed E-state index contributed by atoms with van der Waals surface area (Å²) in [5, 5.41) is 10.1. The van der Waals surface area contributed by atoms with Crippen molar-refractivity contribution < 1.29 is 14.2 Å². The van der Waals surface area contributed by atoms with Crippen LogP contribution in [0.25, 0.3) is 0 Å². The lowest BCUT2D eigenvalue weighted by atomic mass is 9.88. The first-order chi connectivity index (χ1) is 8.15. The molecular weight excluding hydrogens is 219 g/mol. The average molecular weight is 238 g/mol. The summed E-state index contributed by atoms with van der Waals surface area (Å²) in [6.07, 6.45) is 2.08. The summed E-state index contributed by atoms with van der Waals surface area (Å²) in [7, 11) is 0. The zero-order chi connectivity index (χ0) is 12.4. The summed E-state index contributed by atoms with van der Waals surface area (Å²) >= 11 is 0. The maximum atomic E-state index is 13.2. The largest absolute Gasteiger partial charge is 0.490 e. The summed E-state index contributed by atoms with van der Waals surface area (Å²) in [4.78, 5) is 0. The molecule has 1 aliphatic rings. The number of ether oxygens (including phenoxy) is 1. The molecule has 94 valence electrons. The Bertz CT molecular complexity index is 388. The number of benzene rings is 1. The molecule has 1 aliphatic heterocycles. The lowest BCUT2D eigenvalue weighted by Gasteiger charge is -2.34. The van der Waals surface area contributed by atoms with Crippen molar-refractivity contribution in [1.82, 2.24) is 0 Å². The van der Waals surface area contributed by atoms with Gasteiger partial charge in [0, 0.05) is 18.1 Å². The van der Waals surface area contributed by atoms with Crippen molar-refractivity contribution in [2.45, 2.75) is 45.3 Å². The zero-order valence-electron chi connectivity index (χ0n) is 10.3. The normalized spacial score (nSPS) is 23.4. The van der Waals surface area contributed by atoms with Crippen LogP contribution in [0.4, 0.5) is 4.39 Å². The van der Waals surface area contributed by atoms with E-state index < -0.39 is 6.10 Å². The monoisotopic (exact) mass is 238 g/mol. The number of aliphatic hydroxyl groups is 1. The van der Waals surface area contributed by atoms with E-state index in [1.165, 1.54) is 12.1 Å². The maximum Gasteiger partial charge on any atom is 0.128 e. The number of hydrogen-bond donors (Lipinski definition) is 1. The third-order valence-electron chi connectivity index (χ3n) is 3.64. The Morgan fingerprint density at radius 1 is 1.41 bits per heavy atom. The quantitative estimate of drug-likeness (QED) is 0.874. The summed E-state index contributed by atoms with van der Waals surface area (Å²) in [6, 6.07) is 4.34. The van der Waals surface area contributed by atoms with Crippen molar-refractivity contribution in [3.8, 4) is 5.75 Å². The van der Waals surface area contributed by atoms with Crippen molar-refractivity contribution in [3.05, 3.63) is 29.6 Å². The molecule has 0 fully saturated rings. The Kier molecular flexibility index (Phi) is 3.67. The van der Waals surface area contributed by atoms with E-state index in [1.54, 1.807) is 6.07 Å². The summed E-state index contributed by atoms with van der Waals surface area (Å²) in [5.41, 5.74) is 0.702. The number of halogens is 1. The number of fused-ring (bicyclic) bond motifs is 1. The molecule has 0 aromatic heterocycles. The van der Waals surface area contributed by atoms with Crippen LogP contribution in [0.5, 0.6) is 5.75 Å². The molecule has 2 nitrogen and oxygen atoms in total. The van der Waals surface area contributed by atoms with Gasteiger partial charge in [-0.1, -0.05) is 13.8 Å². The highest BCUT2D eigenvalue weighted by molar-refractivity contribution is 5.37. The Morgan fingerprint density at radius 2 is 2.12 bits per heavy atom. The fourth-order valence-corrected chi connectivity index (χ4v) is 2.55. The molecule has 2 atom stereocenters. The van der Waals surface area contributed by atoms with Gasteiger partial charge in [-0.15, -0.1) is 0 Å². The van der Waals surface area contributed by atoms with Crippen LogP contribution >= 0.6 is 0 Å². The van der Waals surface area contributed by atoms with Gasteiger partial charge in [0.05, 0.1) is 6.10 Å². The van der Waals surface area contributed by atoms with Crippen LogP contribution in [0.1, 0.15) is 44.8 Å². The minimum absolute atomic E-state index is 0.00528. The smallest absolute Gasteiger partial charge is 0.128 e. The van der Waals surface area contributed by atoms with Crippen molar-refractivity contribution >= 4 is 0 Å². The average Bonchev–Trinajstić information content (AvgIpc) is 2.30. The topological polar surface area (TPSA) is 29.5 Å². The molecule has 0 bridgehead atoms. The van der Waals surface area contributed by atoms with Gasteiger partial charge in [-0.25, -0.2) is 4.39 Å². The van der Waals surface area contributed by atoms with Crippen LogP contribution in [-0.4, -0.2) is 11.2 Å². The molecule has 1 aromatic rings. The summed E-state index contributed by atoms with van der Waals surface area (Å²) < 4.78 is 19.0. The van der Waals surface area contributed by atoms with Gasteiger partial charge >= 0.3 is 0 Å². The van der Waals surface area contributed by atoms with Crippen LogP contribution in [0.2, 0.25) is 0 Å². The molecular formula is C14H19FO2. The lowest BCUT2D eigenvalue weighted by Crippen LogP contribution is -2.32. The Labute approximate surface area is 101 Å². The molecule has 0 amide bonds. The van der Waals surface area contributed by atoms with Crippen molar-refractivity contribution in [2.75, 3.05) is 0 Å². The van der Waals surface area contributed by atoms with Gasteiger partial charge in [-0.05, 0) is 30.9 Å². The molecule has 0 saturated carbocycles. The fourth-order valence-electron chi connectivity index (χ4n) is 2.55. The Balaban J connectivity index is 2.25. The summed E-state index contributed by atoms with van der Waals surface area (Å²) in [5.74, 6) is 0.600. The number of rotatable bonds is 3. The molecule has 0 aliphatic carbocycles. The minimum atomic E-state index is -0.537. The second-order valence-corrected chi connectivity index (χ2v) is 4.67. The fraction of sp³-hybridized carbons (Fsp3) is 0.571. The third-order valence-corrected chi connectivity index (χ3v) is 3.64. The van der Waals surface area contributed by atoms with E-state index in [2.05, 4.69) is 13.8 Å². The van der Waals surface area contributed by atoms with Crippen LogP contribution < -0.4 is 4.74 Å². The van der Waals surface area contributed by atoms with E-state index in [4.69, 9.17) is 4.74 Å². The molecule has 0 saturated heterocycles. The molecule has 1 unspecified atom stereocenters. The van der Waals surface area contributed by atoms with Crippen LogP contribution in [0.15, 0.2) is 18.2 Å². The lowest BCUT2D eigenvalue weighted by molar-refractivity contribution is 0.0314. The van der Waals surface area contributed by atoms with Crippen molar-refractivity contribution in [2.24, 2.45) is 5.92 Å². The molecule has 3 heteroatoms. The first kappa shape index (κ1) is 12.4. The van der Waals surface area contributed by atoms with Gasteiger partial charge in [-0.2, -0.15) is 0 Å². The van der Waals surface area contributed by atoms with Crippen molar-refractivity contribution in [1.29, 1.82) is 0 Å². The minimum Gasteiger partial charge on any atom is -0.490 e. The maximum absolute atomic E-state index is 13.2. The van der Waals surface area contributed by atoms with E-state index in [0.717, 1.165) is 12.8 Å². The van der Waals surface area contributed by atoms with E-state index >= 15 is 0 Å². The zero-order valence-corrected chi connectivity index (χ0v) is 10.3. The van der Waals surface area contributed by atoms with Gasteiger partial charge in [0.25, 0.3) is 0 Å². The standard InChI is InChI=1S/C14H19FO2/c1-3-9(4-2)13-8-12(16)11-6-5-10(15)7-14(11)17-13/h5-7,9,12-13,16H,3-4,8H2,1-2H3/t12-,13?/m0/s1. The van der Waals surface area contributed by atoms with E-state index in [-0.39, 0.29) is 11.9 Å². The third kappa shape index (κ3) is 2.44. The van der Waals surface area contributed by atoms with Gasteiger partial charge in [0.1, 0.15) is 17.7 Å². The molecule has 17 heavy (non-hydrogen) atoms. The highest BCUT2D eigenvalue weighted by atomic mass is 19.1. The predicted molar refractivity (Wildman–Crippen MR) is 64.5 cm³/mol. The second-order valence-electron chi connectivity index (χ2n) is 4.67. The first-order valence-corrected chi connectivity index (χ1v) is 6.29. The SMILES string of the molecule is CCC(CC)C1C[C@H](O)c2ccc(F)cc2O1. The van der Waals surface area contributed by atoms with Crippen molar-refractivity contribution in [3.63, 3.8) is 0 Å². The molecule has 1 heterocycles. The van der Waals surface area contributed by atoms with Crippen LogP contribution in [-0.2, 0) is 0 Å². The highest BCUT2D eigenvalue weighted by Crippen LogP contribution is 2.38. The number of hydrogen-bond acceptors (Lipinski definition) is 2. The highest BCUT2D eigenvalue weighted by Gasteiger charge is 2.31. The molecule has 0 spiro atoms.